The summed E-state index contributed by atoms with van der Waals surface area (Å²) in [5, 5.41) is 7.44. The first-order valence-electron chi connectivity index (χ1n) is 6.33. The van der Waals surface area contributed by atoms with Crippen molar-refractivity contribution in [2.45, 2.75) is 0 Å². The number of aliphatic imine (C=N–C) groups is 1. The van der Waals surface area contributed by atoms with E-state index in [1.807, 2.05) is 18.2 Å². The standard InChI is InChI=1S/C16H11N3O/c17-16(20)12-6-5-10-7-9-3-1-2-4-11(9)14-13(10)15(12)19-8-18-14/h1-8H,(H2,17,20)(H,18,19). The minimum absolute atomic E-state index is 0.451. The summed E-state index contributed by atoms with van der Waals surface area (Å²) in [6.07, 6.45) is 1.61. The van der Waals surface area contributed by atoms with Gasteiger partial charge in [0.05, 0.1) is 23.3 Å². The number of nitrogens with one attached hydrogen (secondary N) is 1. The molecule has 4 nitrogen and oxygen atoms in total. The third kappa shape index (κ3) is 1.36. The Bertz CT molecular complexity index is 912. The van der Waals surface area contributed by atoms with Gasteiger partial charge in [-0.05, 0) is 22.9 Å². The number of hydrogen-bond acceptors (Lipinski definition) is 3. The molecule has 0 radical (unpaired) electrons. The van der Waals surface area contributed by atoms with Crippen molar-refractivity contribution in [2.24, 2.45) is 10.7 Å². The molecule has 3 aromatic carbocycles. The van der Waals surface area contributed by atoms with Crippen molar-refractivity contribution >= 4 is 45.2 Å². The molecule has 4 heteroatoms. The average molecular weight is 261 g/mol. The van der Waals surface area contributed by atoms with E-state index in [1.165, 1.54) is 0 Å². The number of amides is 1. The zero-order valence-electron chi connectivity index (χ0n) is 10.6. The fourth-order valence-electron chi connectivity index (χ4n) is 2.79. The van der Waals surface area contributed by atoms with Crippen LogP contribution in [0.4, 0.5) is 11.4 Å². The number of fused-ring (bicyclic) bond motifs is 2. The van der Waals surface area contributed by atoms with Crippen LogP contribution < -0.4 is 11.1 Å². The highest BCUT2D eigenvalue weighted by Gasteiger charge is 2.18. The van der Waals surface area contributed by atoms with Crippen LogP contribution in [0.25, 0.3) is 21.5 Å². The summed E-state index contributed by atoms with van der Waals surface area (Å²) in [5.74, 6) is -0.458. The predicted molar refractivity (Wildman–Crippen MR) is 81.7 cm³/mol. The maximum Gasteiger partial charge on any atom is 0.250 e. The zero-order chi connectivity index (χ0) is 13.7. The molecule has 20 heavy (non-hydrogen) atoms. The summed E-state index contributed by atoms with van der Waals surface area (Å²) in [6, 6.07) is 13.9. The third-order valence-electron chi connectivity index (χ3n) is 3.67. The molecule has 0 aliphatic carbocycles. The SMILES string of the molecule is NC(=O)c1ccc2cc3ccccc3c3c2c1N=CN3. The van der Waals surface area contributed by atoms with Crippen molar-refractivity contribution < 1.29 is 4.79 Å². The van der Waals surface area contributed by atoms with Crippen LogP contribution in [0.2, 0.25) is 0 Å². The second-order valence-electron chi connectivity index (χ2n) is 4.80. The van der Waals surface area contributed by atoms with Gasteiger partial charge in [0.2, 0.25) is 0 Å². The molecule has 0 atom stereocenters. The number of nitrogens with zero attached hydrogens (tertiary/aromatic N) is 1. The van der Waals surface area contributed by atoms with E-state index >= 15 is 0 Å². The number of carbonyl (C=O) groups excluding carboxylic acids is 1. The van der Waals surface area contributed by atoms with E-state index in [0.29, 0.717) is 11.3 Å². The zero-order valence-corrected chi connectivity index (χ0v) is 10.6. The van der Waals surface area contributed by atoms with E-state index in [-0.39, 0.29) is 0 Å². The van der Waals surface area contributed by atoms with Gasteiger partial charge in [-0.1, -0.05) is 30.3 Å². The molecule has 0 saturated heterocycles. The van der Waals surface area contributed by atoms with Crippen LogP contribution in [-0.2, 0) is 0 Å². The fraction of sp³-hybridized carbons (Fsp3) is 0. The molecule has 0 fully saturated rings. The van der Waals surface area contributed by atoms with Crippen molar-refractivity contribution in [3.63, 3.8) is 0 Å². The lowest BCUT2D eigenvalue weighted by Crippen LogP contribution is -2.12. The van der Waals surface area contributed by atoms with Crippen LogP contribution >= 0.6 is 0 Å². The van der Waals surface area contributed by atoms with Crippen molar-refractivity contribution in [2.75, 3.05) is 5.32 Å². The number of carbonyl (C=O) groups is 1. The van der Waals surface area contributed by atoms with Crippen molar-refractivity contribution in [1.82, 2.24) is 0 Å². The van der Waals surface area contributed by atoms with Crippen LogP contribution in [-0.4, -0.2) is 12.2 Å². The number of anilines is 1. The van der Waals surface area contributed by atoms with Gasteiger partial charge in [0, 0.05) is 10.8 Å². The van der Waals surface area contributed by atoms with Crippen molar-refractivity contribution in [1.29, 1.82) is 0 Å². The summed E-state index contributed by atoms with van der Waals surface area (Å²) >= 11 is 0. The molecule has 3 N–H and O–H groups in total. The predicted octanol–water partition coefficient (Wildman–Crippen LogP) is 3.18. The molecule has 1 amide bonds. The largest absolute Gasteiger partial charge is 0.366 e. The second-order valence-corrected chi connectivity index (χ2v) is 4.80. The quantitative estimate of drug-likeness (QED) is 0.660. The van der Waals surface area contributed by atoms with Crippen LogP contribution in [0.5, 0.6) is 0 Å². The molecule has 1 aliphatic rings. The molecule has 1 heterocycles. The highest BCUT2D eigenvalue weighted by Crippen LogP contribution is 2.41. The minimum atomic E-state index is -0.458. The molecular weight excluding hydrogens is 250 g/mol. The Morgan fingerprint density at radius 3 is 2.80 bits per heavy atom. The van der Waals surface area contributed by atoms with Gasteiger partial charge in [0.15, 0.2) is 0 Å². The molecule has 0 aromatic heterocycles. The lowest BCUT2D eigenvalue weighted by atomic mass is 9.96. The van der Waals surface area contributed by atoms with Gasteiger partial charge in [-0.3, -0.25) is 4.79 Å². The second kappa shape index (κ2) is 3.81. The first-order valence-corrected chi connectivity index (χ1v) is 6.33. The lowest BCUT2D eigenvalue weighted by Gasteiger charge is -2.17. The molecule has 3 aromatic rings. The summed E-state index contributed by atoms with van der Waals surface area (Å²) in [6.45, 7) is 0. The minimum Gasteiger partial charge on any atom is -0.366 e. The molecule has 0 unspecified atom stereocenters. The van der Waals surface area contributed by atoms with Gasteiger partial charge in [-0.15, -0.1) is 0 Å². The summed E-state index contributed by atoms with van der Waals surface area (Å²) < 4.78 is 0. The van der Waals surface area contributed by atoms with E-state index in [2.05, 4.69) is 28.5 Å². The van der Waals surface area contributed by atoms with E-state index in [1.54, 1.807) is 12.4 Å². The van der Waals surface area contributed by atoms with Gasteiger partial charge in [0.25, 0.3) is 5.91 Å². The molecule has 1 aliphatic heterocycles. The first kappa shape index (κ1) is 11.0. The Morgan fingerprint density at radius 2 is 1.95 bits per heavy atom. The highest BCUT2D eigenvalue weighted by molar-refractivity contribution is 6.22. The van der Waals surface area contributed by atoms with Gasteiger partial charge in [-0.25, -0.2) is 4.99 Å². The first-order chi connectivity index (χ1) is 9.75. The topological polar surface area (TPSA) is 67.5 Å². The monoisotopic (exact) mass is 261 g/mol. The van der Waals surface area contributed by atoms with Crippen LogP contribution in [0, 0.1) is 0 Å². The van der Waals surface area contributed by atoms with Crippen molar-refractivity contribution in [3.8, 4) is 0 Å². The number of rotatable bonds is 1. The van der Waals surface area contributed by atoms with Gasteiger partial charge in [0.1, 0.15) is 0 Å². The Hall–Kier alpha value is -2.88. The average Bonchev–Trinajstić information content (AvgIpc) is 2.47. The maximum absolute atomic E-state index is 11.6. The van der Waals surface area contributed by atoms with Gasteiger partial charge >= 0.3 is 0 Å². The number of primary amides is 1. The fourth-order valence-corrected chi connectivity index (χ4v) is 2.79. The number of hydrogen-bond donors (Lipinski definition) is 2. The Labute approximate surface area is 114 Å². The Morgan fingerprint density at radius 1 is 1.10 bits per heavy atom. The molecule has 4 rings (SSSR count). The normalized spacial score (nSPS) is 12.6. The lowest BCUT2D eigenvalue weighted by molar-refractivity contribution is 0.100. The molecule has 0 saturated carbocycles. The third-order valence-corrected chi connectivity index (χ3v) is 3.67. The molecule has 96 valence electrons. The van der Waals surface area contributed by atoms with E-state index in [9.17, 15) is 4.79 Å². The van der Waals surface area contributed by atoms with E-state index < -0.39 is 5.91 Å². The Balaban J connectivity index is 2.26. The van der Waals surface area contributed by atoms with Gasteiger partial charge < -0.3 is 11.1 Å². The Kier molecular flexibility index (Phi) is 2.09. The smallest absolute Gasteiger partial charge is 0.250 e. The molecular formula is C16H11N3O. The summed E-state index contributed by atoms with van der Waals surface area (Å²) in [5.41, 5.74) is 7.51. The highest BCUT2D eigenvalue weighted by atomic mass is 16.1. The van der Waals surface area contributed by atoms with Crippen LogP contribution in [0.1, 0.15) is 10.4 Å². The van der Waals surface area contributed by atoms with Crippen LogP contribution in [0.15, 0.2) is 47.5 Å². The molecule has 0 bridgehead atoms. The summed E-state index contributed by atoms with van der Waals surface area (Å²) in [7, 11) is 0. The van der Waals surface area contributed by atoms with Gasteiger partial charge in [-0.2, -0.15) is 0 Å². The van der Waals surface area contributed by atoms with E-state index in [4.69, 9.17) is 5.73 Å². The summed E-state index contributed by atoms with van der Waals surface area (Å²) in [4.78, 5) is 15.9. The van der Waals surface area contributed by atoms with Crippen LogP contribution in [0.3, 0.4) is 0 Å². The molecule has 0 spiro atoms. The maximum atomic E-state index is 11.6. The van der Waals surface area contributed by atoms with Crippen molar-refractivity contribution in [3.05, 3.63) is 48.0 Å². The number of benzene rings is 3. The van der Waals surface area contributed by atoms with E-state index in [0.717, 1.165) is 27.2 Å². The number of nitrogens with two attached hydrogens (primary N) is 1.